The van der Waals surface area contributed by atoms with Crippen molar-refractivity contribution in [2.45, 2.75) is 6.42 Å². The molecule has 0 spiro atoms. The summed E-state index contributed by atoms with van der Waals surface area (Å²) in [5, 5.41) is 0. The molecule has 1 heterocycles. The molecule has 0 bridgehead atoms. The molecular weight excluding hydrogens is 117 g/mol. The van der Waals surface area contributed by atoms with E-state index < -0.39 is 0 Å². The largest absolute Gasteiger partial charge is 0.258 e. The van der Waals surface area contributed by atoms with E-state index in [4.69, 9.17) is 0 Å². The van der Waals surface area contributed by atoms with Crippen molar-refractivity contribution in [3.63, 3.8) is 0 Å². The molecule has 1 aromatic heterocycles. The van der Waals surface area contributed by atoms with Crippen LogP contribution in [-0.4, -0.2) is 4.98 Å². The molecule has 47 valence electrons. The summed E-state index contributed by atoms with van der Waals surface area (Å²) in [4.78, 5) is 3.76. The number of nitrogens with zero attached hydrogens (tertiary/aromatic N) is 1. The van der Waals surface area contributed by atoms with Crippen molar-refractivity contribution in [1.29, 1.82) is 0 Å². The second-order valence-electron chi connectivity index (χ2n) is 1.68. The molecule has 0 aliphatic rings. The van der Waals surface area contributed by atoms with Gasteiger partial charge in [0, 0.05) is 6.20 Å². The molecule has 0 saturated carbocycles. The summed E-state index contributed by atoms with van der Waals surface area (Å²) in [7, 11) is 0. The Morgan fingerprint density at radius 3 is 2.89 bits per heavy atom. The third kappa shape index (κ3) is 1.25. The van der Waals surface area contributed by atoms with Gasteiger partial charge in [-0.25, -0.2) is 4.39 Å². The lowest BCUT2D eigenvalue weighted by atomic mass is 10.3. The van der Waals surface area contributed by atoms with Gasteiger partial charge in [-0.15, -0.1) is 0 Å². The first kappa shape index (κ1) is 6.20. The van der Waals surface area contributed by atoms with E-state index in [-0.39, 0.29) is 5.82 Å². The molecule has 0 saturated heterocycles. The van der Waals surface area contributed by atoms with Crippen molar-refractivity contribution in [2.24, 2.45) is 0 Å². The second kappa shape index (κ2) is 2.58. The quantitative estimate of drug-likeness (QED) is 0.554. The Morgan fingerprint density at radius 1 is 1.67 bits per heavy atom. The van der Waals surface area contributed by atoms with Gasteiger partial charge >= 0.3 is 0 Å². The predicted octanol–water partition coefficient (Wildman–Crippen LogP) is 1.60. The van der Waals surface area contributed by atoms with Crippen LogP contribution >= 0.6 is 0 Å². The smallest absolute Gasteiger partial charge is 0.144 e. The second-order valence-corrected chi connectivity index (χ2v) is 1.68. The molecule has 0 fully saturated rings. The van der Waals surface area contributed by atoms with Crippen LogP contribution in [0.25, 0.3) is 0 Å². The first-order valence-electron chi connectivity index (χ1n) is 2.73. The van der Waals surface area contributed by atoms with Crippen molar-refractivity contribution >= 4 is 0 Å². The summed E-state index contributed by atoms with van der Waals surface area (Å²) in [5.74, 6) is -0.271. The average Bonchev–Trinajstić information content (AvgIpc) is 1.89. The number of pyridine rings is 1. The van der Waals surface area contributed by atoms with Gasteiger partial charge in [0.15, 0.2) is 0 Å². The normalized spacial score (nSPS) is 9.56. The van der Waals surface area contributed by atoms with Crippen molar-refractivity contribution in [3.8, 4) is 0 Å². The van der Waals surface area contributed by atoms with E-state index in [1.54, 1.807) is 12.3 Å². The molecule has 0 atom stereocenters. The third-order valence-electron chi connectivity index (χ3n) is 1.07. The monoisotopic (exact) mass is 124 g/mol. The van der Waals surface area contributed by atoms with E-state index in [0.717, 1.165) is 0 Å². The van der Waals surface area contributed by atoms with Crippen LogP contribution in [0.5, 0.6) is 0 Å². The molecule has 1 rings (SSSR count). The molecule has 2 heteroatoms. The summed E-state index contributed by atoms with van der Waals surface area (Å²) < 4.78 is 12.5. The van der Waals surface area contributed by atoms with Crippen LogP contribution < -0.4 is 0 Å². The number of hydrogen-bond donors (Lipinski definition) is 0. The maximum atomic E-state index is 12.5. The number of halogens is 1. The van der Waals surface area contributed by atoms with Gasteiger partial charge in [0.25, 0.3) is 0 Å². The van der Waals surface area contributed by atoms with E-state index in [2.05, 4.69) is 11.9 Å². The highest BCUT2D eigenvalue weighted by Crippen LogP contribution is 2.01. The van der Waals surface area contributed by atoms with Crippen molar-refractivity contribution in [3.05, 3.63) is 36.8 Å². The fraction of sp³-hybridized carbons (Fsp3) is 0.143. The molecular formula is C7H7FN. The average molecular weight is 124 g/mol. The standard InChI is InChI=1S/C7H7FN/c1-2-7-6(8)4-3-5-9-7/h3-5H,1-2H2. The van der Waals surface area contributed by atoms with Crippen LogP contribution in [0, 0.1) is 12.7 Å². The molecule has 0 unspecified atom stereocenters. The fourth-order valence-electron chi connectivity index (χ4n) is 0.602. The Labute approximate surface area is 53.5 Å². The SMILES string of the molecule is [CH2]Cc1ncccc1F. The molecule has 0 aromatic carbocycles. The van der Waals surface area contributed by atoms with Crippen LogP contribution in [0.4, 0.5) is 4.39 Å². The first-order chi connectivity index (χ1) is 4.34. The van der Waals surface area contributed by atoms with Gasteiger partial charge in [0.05, 0.1) is 5.69 Å². The molecule has 1 aromatic rings. The van der Waals surface area contributed by atoms with Gasteiger partial charge in [-0.2, -0.15) is 0 Å². The maximum absolute atomic E-state index is 12.5. The Hall–Kier alpha value is -0.920. The van der Waals surface area contributed by atoms with Crippen molar-refractivity contribution in [2.75, 3.05) is 0 Å². The Balaban J connectivity index is 3.01. The van der Waals surface area contributed by atoms with Crippen LogP contribution in [-0.2, 0) is 6.42 Å². The summed E-state index contributed by atoms with van der Waals surface area (Å²) in [6, 6.07) is 2.95. The minimum Gasteiger partial charge on any atom is -0.258 e. The minimum absolute atomic E-state index is 0.271. The summed E-state index contributed by atoms with van der Waals surface area (Å²) in [6.45, 7) is 3.51. The molecule has 9 heavy (non-hydrogen) atoms. The minimum atomic E-state index is -0.271. The summed E-state index contributed by atoms with van der Waals surface area (Å²) >= 11 is 0. The zero-order chi connectivity index (χ0) is 6.69. The highest BCUT2D eigenvalue weighted by atomic mass is 19.1. The molecule has 0 aliphatic carbocycles. The molecule has 0 amide bonds. The lowest BCUT2D eigenvalue weighted by molar-refractivity contribution is 0.605. The van der Waals surface area contributed by atoms with Crippen LogP contribution in [0.15, 0.2) is 18.3 Å². The summed E-state index contributed by atoms with van der Waals surface area (Å²) in [6.07, 6.45) is 1.97. The highest BCUT2D eigenvalue weighted by Gasteiger charge is 1.95. The van der Waals surface area contributed by atoms with Gasteiger partial charge < -0.3 is 0 Å². The van der Waals surface area contributed by atoms with Gasteiger partial charge in [0.2, 0.25) is 0 Å². The van der Waals surface area contributed by atoms with E-state index in [0.29, 0.717) is 12.1 Å². The Bertz CT molecular complexity index is 198. The lowest BCUT2D eigenvalue weighted by Crippen LogP contribution is -1.89. The van der Waals surface area contributed by atoms with Crippen LogP contribution in [0.2, 0.25) is 0 Å². The highest BCUT2D eigenvalue weighted by molar-refractivity contribution is 5.07. The predicted molar refractivity (Wildman–Crippen MR) is 33.3 cm³/mol. The molecule has 1 nitrogen and oxygen atoms in total. The fourth-order valence-corrected chi connectivity index (χ4v) is 0.602. The molecule has 0 aliphatic heterocycles. The summed E-state index contributed by atoms with van der Waals surface area (Å²) in [5.41, 5.74) is 0.428. The van der Waals surface area contributed by atoms with E-state index >= 15 is 0 Å². The van der Waals surface area contributed by atoms with Gasteiger partial charge in [0.1, 0.15) is 5.82 Å². The van der Waals surface area contributed by atoms with Gasteiger partial charge in [-0.05, 0) is 25.5 Å². The Morgan fingerprint density at radius 2 is 2.44 bits per heavy atom. The zero-order valence-electron chi connectivity index (χ0n) is 4.97. The van der Waals surface area contributed by atoms with Crippen LogP contribution in [0.3, 0.4) is 0 Å². The zero-order valence-corrected chi connectivity index (χ0v) is 4.97. The van der Waals surface area contributed by atoms with Crippen molar-refractivity contribution < 1.29 is 4.39 Å². The molecule has 1 radical (unpaired) electrons. The van der Waals surface area contributed by atoms with Gasteiger partial charge in [-0.1, -0.05) is 0 Å². The lowest BCUT2D eigenvalue weighted by Gasteiger charge is -1.93. The maximum Gasteiger partial charge on any atom is 0.144 e. The third-order valence-corrected chi connectivity index (χ3v) is 1.07. The number of aromatic nitrogens is 1. The van der Waals surface area contributed by atoms with E-state index in [9.17, 15) is 4.39 Å². The van der Waals surface area contributed by atoms with Gasteiger partial charge in [-0.3, -0.25) is 4.98 Å². The van der Waals surface area contributed by atoms with E-state index in [1.165, 1.54) is 6.07 Å². The van der Waals surface area contributed by atoms with E-state index in [1.807, 2.05) is 0 Å². The number of rotatable bonds is 1. The number of hydrogen-bond acceptors (Lipinski definition) is 1. The first-order valence-corrected chi connectivity index (χ1v) is 2.73. The topological polar surface area (TPSA) is 12.9 Å². The van der Waals surface area contributed by atoms with Crippen molar-refractivity contribution in [1.82, 2.24) is 4.98 Å². The van der Waals surface area contributed by atoms with Crippen LogP contribution in [0.1, 0.15) is 5.69 Å². The molecule has 0 N–H and O–H groups in total. The Kier molecular flexibility index (Phi) is 1.78.